The third kappa shape index (κ3) is 3.39. The van der Waals surface area contributed by atoms with Gasteiger partial charge in [0.25, 0.3) is 5.91 Å². The van der Waals surface area contributed by atoms with E-state index in [2.05, 4.69) is 25.3 Å². The number of amides is 1. The molecule has 0 radical (unpaired) electrons. The maximum atomic E-state index is 12.2. The molecule has 8 heteroatoms. The second kappa shape index (κ2) is 7.02. The number of hydrogen-bond donors (Lipinski definition) is 1. The average Bonchev–Trinajstić information content (AvgIpc) is 3.34. The van der Waals surface area contributed by atoms with Crippen molar-refractivity contribution in [1.82, 2.24) is 19.7 Å². The first kappa shape index (κ1) is 15.8. The van der Waals surface area contributed by atoms with Crippen molar-refractivity contribution in [1.29, 1.82) is 0 Å². The molecule has 1 aliphatic heterocycles. The fourth-order valence-corrected chi connectivity index (χ4v) is 3.57. The lowest BCUT2D eigenvalue weighted by molar-refractivity contribution is 0.103. The SMILES string of the molecule is O=C(Nc1cnn(-c2ncncc2N2CCCCC2)c1)c1cccs1. The fraction of sp³-hybridized carbons (Fsp3) is 0.294. The van der Waals surface area contributed by atoms with Crippen LogP contribution in [-0.4, -0.2) is 38.7 Å². The zero-order chi connectivity index (χ0) is 17.1. The Labute approximate surface area is 149 Å². The molecule has 7 nitrogen and oxygen atoms in total. The Kier molecular flexibility index (Phi) is 4.43. The standard InChI is InChI=1S/C17H18N6OS/c24-17(15-5-4-8-25-15)21-13-9-20-23(11-13)16-14(10-18-12-19-16)22-6-2-1-3-7-22/h4-5,8-12H,1-3,6-7H2,(H,21,24). The summed E-state index contributed by atoms with van der Waals surface area (Å²) in [5.41, 5.74) is 1.61. The highest BCUT2D eigenvalue weighted by molar-refractivity contribution is 7.12. The Balaban J connectivity index is 1.57. The van der Waals surface area contributed by atoms with Crippen LogP contribution in [0.4, 0.5) is 11.4 Å². The first-order valence-corrected chi connectivity index (χ1v) is 9.14. The van der Waals surface area contributed by atoms with Gasteiger partial charge in [0.05, 0.1) is 29.2 Å². The Morgan fingerprint density at radius 1 is 1.20 bits per heavy atom. The average molecular weight is 354 g/mol. The van der Waals surface area contributed by atoms with Gasteiger partial charge in [0, 0.05) is 13.1 Å². The third-order valence-electron chi connectivity index (χ3n) is 4.17. The Morgan fingerprint density at radius 3 is 2.88 bits per heavy atom. The van der Waals surface area contributed by atoms with Gasteiger partial charge in [0.2, 0.25) is 0 Å². The number of nitrogens with one attached hydrogen (secondary N) is 1. The van der Waals surface area contributed by atoms with Crippen molar-refractivity contribution in [2.45, 2.75) is 19.3 Å². The first-order chi connectivity index (χ1) is 12.3. The van der Waals surface area contributed by atoms with E-state index >= 15 is 0 Å². The number of carbonyl (C=O) groups is 1. The lowest BCUT2D eigenvalue weighted by atomic mass is 10.1. The Bertz CT molecular complexity index is 854. The zero-order valence-corrected chi connectivity index (χ0v) is 14.4. The number of nitrogens with zero attached hydrogens (tertiary/aromatic N) is 5. The molecule has 1 N–H and O–H groups in total. The minimum Gasteiger partial charge on any atom is -0.367 e. The van der Waals surface area contributed by atoms with Crippen molar-refractivity contribution in [2.24, 2.45) is 0 Å². The summed E-state index contributed by atoms with van der Waals surface area (Å²) in [5.74, 6) is 0.599. The van der Waals surface area contributed by atoms with Crippen molar-refractivity contribution >= 4 is 28.6 Å². The predicted molar refractivity (Wildman–Crippen MR) is 97.5 cm³/mol. The monoisotopic (exact) mass is 354 g/mol. The van der Waals surface area contributed by atoms with E-state index in [1.54, 1.807) is 23.1 Å². The molecule has 0 saturated carbocycles. The lowest BCUT2D eigenvalue weighted by Crippen LogP contribution is -2.30. The molecule has 25 heavy (non-hydrogen) atoms. The number of piperidine rings is 1. The minimum atomic E-state index is -0.131. The van der Waals surface area contributed by atoms with Gasteiger partial charge < -0.3 is 10.2 Å². The molecule has 1 aliphatic rings. The molecule has 0 unspecified atom stereocenters. The predicted octanol–water partition coefficient (Wildman–Crippen LogP) is 2.97. The van der Waals surface area contributed by atoms with Crippen LogP contribution >= 0.6 is 11.3 Å². The highest BCUT2D eigenvalue weighted by atomic mass is 32.1. The number of anilines is 2. The number of carbonyl (C=O) groups excluding carboxylic acids is 1. The van der Waals surface area contributed by atoms with E-state index in [1.807, 2.05) is 17.6 Å². The van der Waals surface area contributed by atoms with Gasteiger partial charge >= 0.3 is 0 Å². The minimum absolute atomic E-state index is 0.131. The van der Waals surface area contributed by atoms with E-state index in [-0.39, 0.29) is 5.91 Å². The second-order valence-electron chi connectivity index (χ2n) is 5.88. The Hall–Kier alpha value is -2.74. The molecule has 0 atom stereocenters. The van der Waals surface area contributed by atoms with Gasteiger partial charge in [-0.15, -0.1) is 11.3 Å². The van der Waals surface area contributed by atoms with Crippen molar-refractivity contribution in [3.63, 3.8) is 0 Å². The van der Waals surface area contributed by atoms with E-state index in [9.17, 15) is 4.79 Å². The molecule has 0 aliphatic carbocycles. The van der Waals surface area contributed by atoms with Crippen LogP contribution in [0.2, 0.25) is 0 Å². The molecule has 3 aromatic rings. The molecular formula is C17H18N6OS. The summed E-state index contributed by atoms with van der Waals surface area (Å²) in [5, 5.41) is 9.11. The highest BCUT2D eigenvalue weighted by Crippen LogP contribution is 2.25. The van der Waals surface area contributed by atoms with Crippen LogP contribution in [0.25, 0.3) is 5.82 Å². The van der Waals surface area contributed by atoms with E-state index in [1.165, 1.54) is 36.9 Å². The van der Waals surface area contributed by atoms with Gasteiger partial charge in [-0.05, 0) is 30.7 Å². The second-order valence-corrected chi connectivity index (χ2v) is 6.83. The van der Waals surface area contributed by atoms with Crippen molar-refractivity contribution in [3.05, 3.63) is 47.3 Å². The third-order valence-corrected chi connectivity index (χ3v) is 5.04. The van der Waals surface area contributed by atoms with Crippen molar-refractivity contribution in [2.75, 3.05) is 23.3 Å². The van der Waals surface area contributed by atoms with Gasteiger partial charge in [0.15, 0.2) is 5.82 Å². The summed E-state index contributed by atoms with van der Waals surface area (Å²) >= 11 is 1.41. The van der Waals surface area contributed by atoms with E-state index in [4.69, 9.17) is 0 Å². The summed E-state index contributed by atoms with van der Waals surface area (Å²) in [6.45, 7) is 2.01. The van der Waals surface area contributed by atoms with Gasteiger partial charge in [-0.25, -0.2) is 14.6 Å². The van der Waals surface area contributed by atoms with Crippen LogP contribution in [0.15, 0.2) is 42.4 Å². The maximum absolute atomic E-state index is 12.2. The fourth-order valence-electron chi connectivity index (χ4n) is 2.95. The highest BCUT2D eigenvalue weighted by Gasteiger charge is 2.18. The molecule has 4 heterocycles. The quantitative estimate of drug-likeness (QED) is 0.779. The normalized spacial score (nSPS) is 14.5. The Morgan fingerprint density at radius 2 is 2.08 bits per heavy atom. The maximum Gasteiger partial charge on any atom is 0.265 e. The van der Waals surface area contributed by atoms with E-state index in [0.29, 0.717) is 10.6 Å². The molecule has 1 fully saturated rings. The summed E-state index contributed by atoms with van der Waals surface area (Å²) in [4.78, 5) is 23.7. The topological polar surface area (TPSA) is 75.9 Å². The summed E-state index contributed by atoms with van der Waals surface area (Å²) in [6, 6.07) is 3.65. The molecular weight excluding hydrogens is 336 g/mol. The summed E-state index contributed by atoms with van der Waals surface area (Å²) in [7, 11) is 0. The summed E-state index contributed by atoms with van der Waals surface area (Å²) in [6.07, 6.45) is 10.4. The number of hydrogen-bond acceptors (Lipinski definition) is 6. The summed E-state index contributed by atoms with van der Waals surface area (Å²) < 4.78 is 1.69. The molecule has 1 amide bonds. The van der Waals surface area contributed by atoms with Crippen LogP contribution in [0, 0.1) is 0 Å². The van der Waals surface area contributed by atoms with E-state index < -0.39 is 0 Å². The van der Waals surface area contributed by atoms with Crippen molar-refractivity contribution < 1.29 is 4.79 Å². The molecule has 0 bridgehead atoms. The molecule has 1 saturated heterocycles. The first-order valence-electron chi connectivity index (χ1n) is 8.26. The van der Waals surface area contributed by atoms with Crippen molar-refractivity contribution in [3.8, 4) is 5.82 Å². The number of aromatic nitrogens is 4. The van der Waals surface area contributed by atoms with Crippen LogP contribution in [0.1, 0.15) is 28.9 Å². The van der Waals surface area contributed by atoms with Crippen LogP contribution in [-0.2, 0) is 0 Å². The zero-order valence-electron chi connectivity index (χ0n) is 13.6. The van der Waals surface area contributed by atoms with Crippen LogP contribution < -0.4 is 10.2 Å². The molecule has 128 valence electrons. The smallest absolute Gasteiger partial charge is 0.265 e. The van der Waals surface area contributed by atoms with Gasteiger partial charge in [-0.1, -0.05) is 6.07 Å². The largest absolute Gasteiger partial charge is 0.367 e. The van der Waals surface area contributed by atoms with E-state index in [0.717, 1.165) is 24.6 Å². The molecule has 0 aromatic carbocycles. The molecule has 0 spiro atoms. The molecule has 4 rings (SSSR count). The number of rotatable bonds is 4. The number of thiophene rings is 1. The van der Waals surface area contributed by atoms with Gasteiger partial charge in [0.1, 0.15) is 12.0 Å². The van der Waals surface area contributed by atoms with Crippen LogP contribution in [0.3, 0.4) is 0 Å². The van der Waals surface area contributed by atoms with Gasteiger partial charge in [-0.3, -0.25) is 4.79 Å². The van der Waals surface area contributed by atoms with Crippen LogP contribution in [0.5, 0.6) is 0 Å². The molecule has 3 aromatic heterocycles. The lowest BCUT2D eigenvalue weighted by Gasteiger charge is -2.29. The van der Waals surface area contributed by atoms with Gasteiger partial charge in [-0.2, -0.15) is 5.10 Å².